The SMILES string of the molecule is COc1cccc(Cn2c(C(=O)NCc3cccc(F)c3)cc3sccc32)c1. The molecule has 1 N–H and O–H groups in total. The predicted molar refractivity (Wildman–Crippen MR) is 109 cm³/mol. The number of fused-ring (bicyclic) bond motifs is 1. The van der Waals surface area contributed by atoms with Gasteiger partial charge >= 0.3 is 0 Å². The molecule has 1 amide bonds. The fraction of sp³-hybridized carbons (Fsp3) is 0.136. The lowest BCUT2D eigenvalue weighted by atomic mass is 10.2. The van der Waals surface area contributed by atoms with Gasteiger partial charge in [-0.1, -0.05) is 24.3 Å². The molecule has 0 aliphatic rings. The Hall–Kier alpha value is -3.12. The number of rotatable bonds is 6. The highest BCUT2D eigenvalue weighted by Gasteiger charge is 2.17. The summed E-state index contributed by atoms with van der Waals surface area (Å²) in [5.74, 6) is 0.285. The average Bonchev–Trinajstić information content (AvgIpc) is 3.29. The first-order valence-corrected chi connectivity index (χ1v) is 9.74. The second-order valence-corrected chi connectivity index (χ2v) is 7.40. The molecule has 0 bridgehead atoms. The molecular weight excluding hydrogens is 375 g/mol. The first-order chi connectivity index (χ1) is 13.6. The standard InChI is InChI=1S/C22H19FN2O2S/c1-27-18-7-3-5-16(11-18)14-25-19-8-9-28-21(19)12-20(25)22(26)24-13-15-4-2-6-17(23)10-15/h2-12H,13-14H2,1H3,(H,24,26). The van der Waals surface area contributed by atoms with Crippen LogP contribution >= 0.6 is 11.3 Å². The van der Waals surface area contributed by atoms with E-state index in [-0.39, 0.29) is 18.3 Å². The van der Waals surface area contributed by atoms with Gasteiger partial charge in [-0.25, -0.2) is 4.39 Å². The van der Waals surface area contributed by atoms with Crippen molar-refractivity contribution >= 4 is 27.5 Å². The fourth-order valence-electron chi connectivity index (χ4n) is 3.21. The molecule has 2 heterocycles. The monoisotopic (exact) mass is 394 g/mol. The molecule has 4 rings (SSSR count). The van der Waals surface area contributed by atoms with Gasteiger partial charge in [-0.2, -0.15) is 0 Å². The van der Waals surface area contributed by atoms with E-state index in [0.717, 1.165) is 27.1 Å². The maximum Gasteiger partial charge on any atom is 0.268 e. The van der Waals surface area contributed by atoms with E-state index in [1.165, 1.54) is 12.1 Å². The number of amides is 1. The van der Waals surface area contributed by atoms with Gasteiger partial charge in [0.1, 0.15) is 17.3 Å². The Balaban J connectivity index is 1.60. The highest BCUT2D eigenvalue weighted by molar-refractivity contribution is 7.17. The summed E-state index contributed by atoms with van der Waals surface area (Å²) in [5.41, 5.74) is 3.37. The molecule has 28 heavy (non-hydrogen) atoms. The van der Waals surface area contributed by atoms with E-state index < -0.39 is 0 Å². The van der Waals surface area contributed by atoms with E-state index in [1.807, 2.05) is 46.3 Å². The Morgan fingerprint density at radius 1 is 1.11 bits per heavy atom. The van der Waals surface area contributed by atoms with Crippen molar-refractivity contribution in [3.8, 4) is 5.75 Å². The van der Waals surface area contributed by atoms with Gasteiger partial charge in [0, 0.05) is 13.1 Å². The molecule has 0 unspecified atom stereocenters. The van der Waals surface area contributed by atoms with E-state index in [0.29, 0.717) is 12.2 Å². The van der Waals surface area contributed by atoms with Crippen LogP contribution in [0.3, 0.4) is 0 Å². The van der Waals surface area contributed by atoms with Crippen molar-refractivity contribution in [1.82, 2.24) is 9.88 Å². The Labute approximate surface area is 166 Å². The minimum Gasteiger partial charge on any atom is -0.497 e. The Morgan fingerprint density at radius 2 is 1.93 bits per heavy atom. The minimum absolute atomic E-state index is 0.185. The van der Waals surface area contributed by atoms with Crippen LogP contribution in [-0.2, 0) is 13.1 Å². The van der Waals surface area contributed by atoms with Gasteiger partial charge in [0.2, 0.25) is 0 Å². The molecule has 0 atom stereocenters. The van der Waals surface area contributed by atoms with Crippen LogP contribution in [0.25, 0.3) is 10.2 Å². The summed E-state index contributed by atoms with van der Waals surface area (Å²) in [6, 6.07) is 18.0. The number of hydrogen-bond donors (Lipinski definition) is 1. The highest BCUT2D eigenvalue weighted by atomic mass is 32.1. The van der Waals surface area contributed by atoms with Crippen LogP contribution in [-0.4, -0.2) is 17.6 Å². The molecule has 4 nitrogen and oxygen atoms in total. The molecule has 0 spiro atoms. The number of ether oxygens (including phenoxy) is 1. The number of carbonyl (C=O) groups is 1. The number of carbonyl (C=O) groups excluding carboxylic acids is 1. The Bertz CT molecular complexity index is 1130. The zero-order valence-electron chi connectivity index (χ0n) is 15.3. The zero-order chi connectivity index (χ0) is 19.5. The third-order valence-corrected chi connectivity index (χ3v) is 5.43. The maximum absolute atomic E-state index is 13.4. The van der Waals surface area contributed by atoms with Gasteiger partial charge in [-0.05, 0) is 52.9 Å². The minimum atomic E-state index is -0.311. The molecule has 4 aromatic rings. The van der Waals surface area contributed by atoms with Crippen LogP contribution in [0, 0.1) is 5.82 Å². The van der Waals surface area contributed by atoms with Crippen LogP contribution in [0.4, 0.5) is 4.39 Å². The largest absolute Gasteiger partial charge is 0.497 e. The van der Waals surface area contributed by atoms with Crippen molar-refractivity contribution in [2.24, 2.45) is 0 Å². The summed E-state index contributed by atoms with van der Waals surface area (Å²) in [6.45, 7) is 0.828. The summed E-state index contributed by atoms with van der Waals surface area (Å²) < 4.78 is 21.7. The van der Waals surface area contributed by atoms with Crippen molar-refractivity contribution in [1.29, 1.82) is 0 Å². The lowest BCUT2D eigenvalue weighted by molar-refractivity contribution is 0.0942. The molecule has 0 saturated heterocycles. The predicted octanol–water partition coefficient (Wildman–Crippen LogP) is 4.83. The number of benzene rings is 2. The van der Waals surface area contributed by atoms with Gasteiger partial charge in [-0.3, -0.25) is 4.79 Å². The van der Waals surface area contributed by atoms with Gasteiger partial charge < -0.3 is 14.6 Å². The van der Waals surface area contributed by atoms with Gasteiger partial charge in [0.15, 0.2) is 0 Å². The third-order valence-electron chi connectivity index (χ3n) is 4.57. The van der Waals surface area contributed by atoms with Gasteiger partial charge in [0.05, 0.1) is 17.3 Å². The lowest BCUT2D eigenvalue weighted by Gasteiger charge is -2.12. The van der Waals surface area contributed by atoms with E-state index in [1.54, 1.807) is 30.6 Å². The normalized spacial score (nSPS) is 10.9. The average molecular weight is 394 g/mol. The first kappa shape index (κ1) is 18.3. The molecule has 2 aromatic heterocycles. The molecule has 142 valence electrons. The highest BCUT2D eigenvalue weighted by Crippen LogP contribution is 2.27. The molecule has 2 aromatic carbocycles. The molecule has 0 radical (unpaired) electrons. The number of nitrogens with zero attached hydrogens (tertiary/aromatic N) is 1. The van der Waals surface area contributed by atoms with Crippen molar-refractivity contribution in [2.75, 3.05) is 7.11 Å². The van der Waals surface area contributed by atoms with E-state index >= 15 is 0 Å². The second kappa shape index (κ2) is 7.86. The molecule has 0 aliphatic carbocycles. The zero-order valence-corrected chi connectivity index (χ0v) is 16.1. The number of hydrogen-bond acceptors (Lipinski definition) is 3. The Kier molecular flexibility index (Phi) is 5.12. The summed E-state index contributed by atoms with van der Waals surface area (Å²) >= 11 is 1.60. The summed E-state index contributed by atoms with van der Waals surface area (Å²) in [4.78, 5) is 12.9. The van der Waals surface area contributed by atoms with Crippen LogP contribution in [0.1, 0.15) is 21.6 Å². The van der Waals surface area contributed by atoms with Crippen molar-refractivity contribution in [3.63, 3.8) is 0 Å². The Morgan fingerprint density at radius 3 is 2.75 bits per heavy atom. The van der Waals surface area contributed by atoms with E-state index in [4.69, 9.17) is 4.74 Å². The number of thiophene rings is 1. The fourth-order valence-corrected chi connectivity index (χ4v) is 4.03. The molecule has 0 aliphatic heterocycles. The number of aromatic nitrogens is 1. The summed E-state index contributed by atoms with van der Waals surface area (Å²) in [5, 5.41) is 4.91. The number of methoxy groups -OCH3 is 1. The van der Waals surface area contributed by atoms with Crippen LogP contribution in [0.5, 0.6) is 5.75 Å². The van der Waals surface area contributed by atoms with E-state index in [9.17, 15) is 9.18 Å². The maximum atomic E-state index is 13.4. The summed E-state index contributed by atoms with van der Waals surface area (Å²) in [6.07, 6.45) is 0. The third kappa shape index (κ3) is 3.77. The van der Waals surface area contributed by atoms with Crippen molar-refractivity contribution in [2.45, 2.75) is 13.1 Å². The lowest BCUT2D eigenvalue weighted by Crippen LogP contribution is -2.25. The van der Waals surface area contributed by atoms with Crippen molar-refractivity contribution in [3.05, 3.63) is 88.7 Å². The smallest absolute Gasteiger partial charge is 0.268 e. The first-order valence-electron chi connectivity index (χ1n) is 8.86. The van der Waals surface area contributed by atoms with Crippen LogP contribution in [0.2, 0.25) is 0 Å². The number of halogens is 1. The second-order valence-electron chi connectivity index (χ2n) is 6.45. The van der Waals surface area contributed by atoms with Gasteiger partial charge in [0.25, 0.3) is 5.91 Å². The molecule has 6 heteroatoms. The van der Waals surface area contributed by atoms with E-state index in [2.05, 4.69) is 5.32 Å². The molecule has 0 fully saturated rings. The van der Waals surface area contributed by atoms with Crippen LogP contribution < -0.4 is 10.1 Å². The van der Waals surface area contributed by atoms with Crippen LogP contribution in [0.15, 0.2) is 66.0 Å². The summed E-state index contributed by atoms with van der Waals surface area (Å²) in [7, 11) is 1.64. The molecule has 0 saturated carbocycles. The van der Waals surface area contributed by atoms with Gasteiger partial charge in [-0.15, -0.1) is 11.3 Å². The van der Waals surface area contributed by atoms with Crippen molar-refractivity contribution < 1.29 is 13.9 Å². The molecular formula is C22H19FN2O2S. The quantitative estimate of drug-likeness (QED) is 0.509. The topological polar surface area (TPSA) is 43.3 Å². The number of nitrogens with one attached hydrogen (secondary N) is 1.